The maximum atomic E-state index is 10.1. The Morgan fingerprint density at radius 2 is 1.81 bits per heavy atom. The molecule has 3 nitrogen and oxygen atoms in total. The smallest absolute Gasteiger partial charge is 0.106 e. The van der Waals surface area contributed by atoms with Gasteiger partial charge in [-0.25, -0.2) is 0 Å². The molecular weight excluding hydrogens is 200 g/mol. The zero-order valence-corrected chi connectivity index (χ0v) is 9.09. The number of nitrogens with zero attached hydrogens (tertiary/aromatic N) is 1. The van der Waals surface area contributed by atoms with Crippen LogP contribution in [0.4, 0.5) is 5.69 Å². The van der Waals surface area contributed by atoms with E-state index in [2.05, 4.69) is 4.98 Å². The monoisotopic (exact) mass is 214 g/mol. The molecule has 1 unspecified atom stereocenters. The minimum atomic E-state index is -0.645. The molecule has 0 aliphatic rings. The van der Waals surface area contributed by atoms with Crippen molar-refractivity contribution in [3.8, 4) is 0 Å². The minimum absolute atomic E-state index is 0.645. The number of aromatic nitrogens is 1. The molecule has 3 heteroatoms. The van der Waals surface area contributed by atoms with Crippen LogP contribution in [0.3, 0.4) is 0 Å². The standard InChI is InChI=1S/C13H14N2O/c1-9-6-11(8-15-7-9)13(16)10-2-4-12(14)5-3-10/h2-8,13,16H,14H2,1H3. The van der Waals surface area contributed by atoms with Gasteiger partial charge < -0.3 is 10.8 Å². The van der Waals surface area contributed by atoms with Crippen molar-refractivity contribution in [2.24, 2.45) is 0 Å². The summed E-state index contributed by atoms with van der Waals surface area (Å²) >= 11 is 0. The largest absolute Gasteiger partial charge is 0.399 e. The van der Waals surface area contributed by atoms with Crippen molar-refractivity contribution < 1.29 is 5.11 Å². The molecule has 0 fully saturated rings. The molecule has 1 atom stereocenters. The first-order chi connectivity index (χ1) is 7.66. The van der Waals surface area contributed by atoms with Crippen LogP contribution in [0, 0.1) is 6.92 Å². The zero-order chi connectivity index (χ0) is 11.5. The normalized spacial score (nSPS) is 12.4. The summed E-state index contributed by atoms with van der Waals surface area (Å²) in [5.41, 5.74) is 8.94. The molecule has 2 rings (SSSR count). The van der Waals surface area contributed by atoms with Gasteiger partial charge in [0.2, 0.25) is 0 Å². The number of nitrogen functional groups attached to an aromatic ring is 1. The Morgan fingerprint density at radius 1 is 1.12 bits per heavy atom. The van der Waals surface area contributed by atoms with Gasteiger partial charge in [0.1, 0.15) is 6.10 Å². The fourth-order valence-electron chi connectivity index (χ4n) is 1.60. The van der Waals surface area contributed by atoms with E-state index in [9.17, 15) is 5.11 Å². The summed E-state index contributed by atoms with van der Waals surface area (Å²) in [6.45, 7) is 1.95. The predicted molar refractivity (Wildman–Crippen MR) is 63.9 cm³/mol. The molecule has 0 saturated heterocycles. The third-order valence-electron chi connectivity index (χ3n) is 2.46. The van der Waals surface area contributed by atoms with Crippen molar-refractivity contribution in [3.63, 3.8) is 0 Å². The van der Waals surface area contributed by atoms with Crippen LogP contribution in [0.5, 0.6) is 0 Å². The quantitative estimate of drug-likeness (QED) is 0.752. The number of aryl methyl sites for hydroxylation is 1. The second-order valence-electron chi connectivity index (χ2n) is 3.86. The molecule has 1 aromatic carbocycles. The lowest BCUT2D eigenvalue weighted by atomic mass is 10.0. The zero-order valence-electron chi connectivity index (χ0n) is 9.09. The Balaban J connectivity index is 2.31. The highest BCUT2D eigenvalue weighted by molar-refractivity contribution is 5.41. The SMILES string of the molecule is Cc1cncc(C(O)c2ccc(N)cc2)c1. The van der Waals surface area contributed by atoms with Crippen molar-refractivity contribution in [2.75, 3.05) is 5.73 Å². The lowest BCUT2D eigenvalue weighted by molar-refractivity contribution is 0.220. The summed E-state index contributed by atoms with van der Waals surface area (Å²) in [5, 5.41) is 10.1. The Bertz CT molecular complexity index is 480. The number of benzene rings is 1. The van der Waals surface area contributed by atoms with Crippen LogP contribution in [-0.2, 0) is 0 Å². The van der Waals surface area contributed by atoms with Gasteiger partial charge in [-0.15, -0.1) is 0 Å². The number of hydrogen-bond acceptors (Lipinski definition) is 3. The van der Waals surface area contributed by atoms with E-state index in [1.165, 1.54) is 0 Å². The lowest BCUT2D eigenvalue weighted by Gasteiger charge is -2.11. The average Bonchev–Trinajstić information content (AvgIpc) is 2.29. The Morgan fingerprint density at radius 3 is 2.44 bits per heavy atom. The predicted octanol–water partition coefficient (Wildman–Crippen LogP) is 2.05. The summed E-state index contributed by atoms with van der Waals surface area (Å²) in [4.78, 5) is 4.06. The maximum Gasteiger partial charge on any atom is 0.106 e. The molecule has 0 aliphatic heterocycles. The number of pyridine rings is 1. The van der Waals surface area contributed by atoms with Gasteiger partial charge in [0, 0.05) is 23.6 Å². The molecule has 0 bridgehead atoms. The van der Waals surface area contributed by atoms with Crippen molar-refractivity contribution in [1.82, 2.24) is 4.98 Å². The summed E-state index contributed by atoms with van der Waals surface area (Å²) < 4.78 is 0. The van der Waals surface area contributed by atoms with Crippen LogP contribution in [0.2, 0.25) is 0 Å². The van der Waals surface area contributed by atoms with Gasteiger partial charge in [0.15, 0.2) is 0 Å². The summed E-state index contributed by atoms with van der Waals surface area (Å²) in [6.07, 6.45) is 2.79. The van der Waals surface area contributed by atoms with Gasteiger partial charge in [-0.1, -0.05) is 18.2 Å². The number of anilines is 1. The van der Waals surface area contributed by atoms with E-state index < -0.39 is 6.10 Å². The third-order valence-corrected chi connectivity index (χ3v) is 2.46. The highest BCUT2D eigenvalue weighted by Gasteiger charge is 2.10. The van der Waals surface area contributed by atoms with Crippen molar-refractivity contribution in [1.29, 1.82) is 0 Å². The number of hydrogen-bond donors (Lipinski definition) is 2. The number of nitrogens with two attached hydrogens (primary N) is 1. The molecule has 3 N–H and O–H groups in total. The first-order valence-electron chi connectivity index (χ1n) is 5.12. The van der Waals surface area contributed by atoms with Crippen LogP contribution in [-0.4, -0.2) is 10.1 Å². The van der Waals surface area contributed by atoms with Crippen LogP contribution in [0.25, 0.3) is 0 Å². The maximum absolute atomic E-state index is 10.1. The summed E-state index contributed by atoms with van der Waals surface area (Å²) in [7, 11) is 0. The average molecular weight is 214 g/mol. The first kappa shape index (κ1) is 10.6. The molecule has 1 heterocycles. The second-order valence-corrected chi connectivity index (χ2v) is 3.86. The molecule has 0 aliphatic carbocycles. The van der Waals surface area contributed by atoms with Crippen LogP contribution in [0.1, 0.15) is 22.8 Å². The molecule has 0 spiro atoms. The molecule has 16 heavy (non-hydrogen) atoms. The lowest BCUT2D eigenvalue weighted by Crippen LogP contribution is -2.00. The highest BCUT2D eigenvalue weighted by Crippen LogP contribution is 2.22. The van der Waals surface area contributed by atoms with Crippen molar-refractivity contribution in [3.05, 3.63) is 59.4 Å². The Hall–Kier alpha value is -1.87. The van der Waals surface area contributed by atoms with Gasteiger partial charge in [-0.05, 0) is 30.2 Å². The molecular formula is C13H14N2O. The van der Waals surface area contributed by atoms with Gasteiger partial charge >= 0.3 is 0 Å². The molecule has 82 valence electrons. The molecule has 0 radical (unpaired) electrons. The summed E-state index contributed by atoms with van der Waals surface area (Å²) in [6, 6.07) is 9.13. The minimum Gasteiger partial charge on any atom is -0.399 e. The Kier molecular flexibility index (Phi) is 2.88. The van der Waals surface area contributed by atoms with Gasteiger partial charge in [-0.2, -0.15) is 0 Å². The fraction of sp³-hybridized carbons (Fsp3) is 0.154. The number of aliphatic hydroxyl groups is 1. The van der Waals surface area contributed by atoms with E-state index in [1.807, 2.05) is 25.1 Å². The van der Waals surface area contributed by atoms with E-state index in [0.29, 0.717) is 5.69 Å². The molecule has 2 aromatic rings. The van der Waals surface area contributed by atoms with Crippen LogP contribution in [0.15, 0.2) is 42.7 Å². The van der Waals surface area contributed by atoms with Gasteiger partial charge in [0.25, 0.3) is 0 Å². The first-order valence-corrected chi connectivity index (χ1v) is 5.12. The van der Waals surface area contributed by atoms with Gasteiger partial charge in [0.05, 0.1) is 0 Å². The van der Waals surface area contributed by atoms with E-state index in [4.69, 9.17) is 5.73 Å². The van der Waals surface area contributed by atoms with Crippen LogP contribution >= 0.6 is 0 Å². The number of aliphatic hydroxyl groups excluding tert-OH is 1. The van der Waals surface area contributed by atoms with Gasteiger partial charge in [-0.3, -0.25) is 4.98 Å². The van der Waals surface area contributed by atoms with Crippen molar-refractivity contribution in [2.45, 2.75) is 13.0 Å². The van der Waals surface area contributed by atoms with Crippen LogP contribution < -0.4 is 5.73 Å². The third kappa shape index (κ3) is 2.20. The second kappa shape index (κ2) is 4.33. The van der Waals surface area contributed by atoms with E-state index in [0.717, 1.165) is 16.7 Å². The topological polar surface area (TPSA) is 59.1 Å². The highest BCUT2D eigenvalue weighted by atomic mass is 16.3. The summed E-state index contributed by atoms with van der Waals surface area (Å²) in [5.74, 6) is 0. The molecule has 0 amide bonds. The van der Waals surface area contributed by atoms with Crippen molar-refractivity contribution >= 4 is 5.69 Å². The fourth-order valence-corrected chi connectivity index (χ4v) is 1.60. The number of rotatable bonds is 2. The Labute approximate surface area is 94.6 Å². The van der Waals surface area contributed by atoms with E-state index in [1.54, 1.807) is 24.5 Å². The molecule has 0 saturated carbocycles. The van der Waals surface area contributed by atoms with E-state index in [-0.39, 0.29) is 0 Å². The van der Waals surface area contributed by atoms with E-state index >= 15 is 0 Å². The molecule has 1 aromatic heterocycles.